The number of ether oxygens (including phenoxy) is 1. The van der Waals surface area contributed by atoms with Crippen LogP contribution in [0, 0.1) is 27.7 Å². The summed E-state index contributed by atoms with van der Waals surface area (Å²) in [6.07, 6.45) is -0.259. The van der Waals surface area contributed by atoms with Crippen LogP contribution < -0.4 is 4.74 Å². The fraction of sp³-hybridized carbons (Fsp3) is 0.440. The van der Waals surface area contributed by atoms with E-state index in [1.54, 1.807) is 0 Å². The highest BCUT2D eigenvalue weighted by Crippen LogP contribution is 2.37. The molecule has 0 N–H and O–H groups in total. The fourth-order valence-corrected chi connectivity index (χ4v) is 4.65. The molecule has 8 heteroatoms. The lowest BCUT2D eigenvalue weighted by Crippen LogP contribution is -2.44. The molecule has 3 aromatic rings. The Bertz CT molecular complexity index is 1120. The summed E-state index contributed by atoms with van der Waals surface area (Å²) in [5, 5.41) is 4.55. The lowest BCUT2D eigenvalue weighted by molar-refractivity contribution is 0.148. The zero-order valence-corrected chi connectivity index (χ0v) is 22.5. The summed E-state index contributed by atoms with van der Waals surface area (Å²) >= 11 is 6.48. The lowest BCUT2D eigenvalue weighted by Gasteiger charge is -2.38. The molecule has 1 aromatic carbocycles. The second-order valence-electron chi connectivity index (χ2n) is 9.85. The molecular weight excluding hydrogens is 454 g/mol. The molecule has 0 saturated carbocycles. The molecule has 1 atom stereocenters. The van der Waals surface area contributed by atoms with Crippen molar-refractivity contribution in [2.75, 3.05) is 6.61 Å². The van der Waals surface area contributed by atoms with Crippen LogP contribution in [0.1, 0.15) is 37.8 Å². The van der Waals surface area contributed by atoms with Crippen LogP contribution in [0.15, 0.2) is 28.8 Å². The third kappa shape index (κ3) is 5.65. The van der Waals surface area contributed by atoms with Gasteiger partial charge in [0, 0.05) is 11.1 Å². The maximum Gasteiger partial charge on any atom is 0.192 e. The minimum atomic E-state index is -1.91. The predicted molar refractivity (Wildman–Crippen MR) is 135 cm³/mol. The van der Waals surface area contributed by atoms with E-state index >= 15 is 0 Å². The van der Waals surface area contributed by atoms with Crippen LogP contribution >= 0.6 is 11.6 Å². The second-order valence-corrected chi connectivity index (χ2v) is 15.0. The molecule has 0 bridgehead atoms. The van der Waals surface area contributed by atoms with Crippen molar-refractivity contribution >= 4 is 19.9 Å². The van der Waals surface area contributed by atoms with Gasteiger partial charge in [-0.25, -0.2) is 9.97 Å². The van der Waals surface area contributed by atoms with Crippen LogP contribution in [-0.4, -0.2) is 36.2 Å². The molecule has 0 saturated heterocycles. The van der Waals surface area contributed by atoms with Crippen molar-refractivity contribution in [3.05, 3.63) is 53.4 Å². The number of aromatic nitrogens is 3. The number of hydrogen-bond donors (Lipinski definition) is 0. The summed E-state index contributed by atoms with van der Waals surface area (Å²) in [4.78, 5) is 9.30. The molecule has 2 aromatic heterocycles. The average molecular weight is 487 g/mol. The molecule has 0 aliphatic rings. The van der Waals surface area contributed by atoms with Crippen LogP contribution in [-0.2, 0) is 4.43 Å². The third-order valence-corrected chi connectivity index (χ3v) is 11.1. The molecule has 0 aliphatic heterocycles. The van der Waals surface area contributed by atoms with Crippen LogP contribution in [0.25, 0.3) is 22.6 Å². The van der Waals surface area contributed by atoms with Gasteiger partial charge in [-0.05, 0) is 58.0 Å². The summed E-state index contributed by atoms with van der Waals surface area (Å²) < 4.78 is 17.6. The highest BCUT2D eigenvalue weighted by atomic mass is 35.5. The quantitative estimate of drug-likeness (QED) is 0.265. The van der Waals surface area contributed by atoms with Crippen LogP contribution in [0.2, 0.25) is 23.3 Å². The third-order valence-electron chi connectivity index (χ3n) is 6.15. The predicted octanol–water partition coefficient (Wildman–Crippen LogP) is 6.98. The van der Waals surface area contributed by atoms with Crippen molar-refractivity contribution in [3.8, 4) is 28.4 Å². The lowest BCUT2D eigenvalue weighted by atomic mass is 10.1. The molecular formula is C25H33ClN3O3Si. The van der Waals surface area contributed by atoms with Gasteiger partial charge < -0.3 is 13.7 Å². The van der Waals surface area contributed by atoms with Gasteiger partial charge in [-0.3, -0.25) is 0 Å². The Hall–Kier alpha value is -2.22. The molecule has 0 unspecified atom stereocenters. The Labute approximate surface area is 202 Å². The van der Waals surface area contributed by atoms with E-state index in [0.29, 0.717) is 34.8 Å². The Morgan fingerprint density at radius 1 is 1.15 bits per heavy atom. The van der Waals surface area contributed by atoms with E-state index in [2.05, 4.69) is 50.9 Å². The SMILES string of the molecule is [CH2][C@H](COc1cccc(-c2nc(Cl)c(C)c(-c3c(C)noc3C)n2)c1)O[Si](C)(C)C(C)(C)C. The van der Waals surface area contributed by atoms with Gasteiger partial charge in [0.05, 0.1) is 23.1 Å². The van der Waals surface area contributed by atoms with Crippen LogP contribution in [0.5, 0.6) is 5.75 Å². The molecule has 0 spiro atoms. The fourth-order valence-electron chi connectivity index (χ4n) is 3.22. The molecule has 3 rings (SSSR count). The van der Waals surface area contributed by atoms with Gasteiger partial charge in [0.2, 0.25) is 0 Å². The van der Waals surface area contributed by atoms with Gasteiger partial charge in [0.25, 0.3) is 0 Å². The highest BCUT2D eigenvalue weighted by Gasteiger charge is 2.38. The van der Waals surface area contributed by atoms with Gasteiger partial charge in [0.1, 0.15) is 23.3 Å². The first-order valence-electron chi connectivity index (χ1n) is 11.0. The van der Waals surface area contributed by atoms with E-state index in [4.69, 9.17) is 30.3 Å². The molecule has 0 aliphatic carbocycles. The van der Waals surface area contributed by atoms with E-state index in [9.17, 15) is 0 Å². The highest BCUT2D eigenvalue weighted by molar-refractivity contribution is 6.74. The van der Waals surface area contributed by atoms with Gasteiger partial charge in [-0.2, -0.15) is 0 Å². The number of hydrogen-bond acceptors (Lipinski definition) is 6. The number of benzene rings is 1. The van der Waals surface area contributed by atoms with Crippen molar-refractivity contribution in [2.24, 2.45) is 0 Å². The monoisotopic (exact) mass is 486 g/mol. The standard InChI is InChI=1S/C25H33ClN3O3Si/c1-15(32-33(8,9)25(5,6)7)14-30-20-12-10-11-19(13-20)24-27-22(16(2)23(26)28-24)21-17(3)29-31-18(21)4/h10-13,15H,1,14H2,2-9H3/t15-/m1/s1. The molecule has 0 amide bonds. The topological polar surface area (TPSA) is 70.3 Å². The van der Waals surface area contributed by atoms with E-state index in [1.165, 1.54) is 0 Å². The Morgan fingerprint density at radius 3 is 2.45 bits per heavy atom. The van der Waals surface area contributed by atoms with Gasteiger partial charge in [0.15, 0.2) is 14.1 Å². The first-order chi connectivity index (χ1) is 15.3. The molecule has 0 fully saturated rings. The molecule has 1 radical (unpaired) electrons. The normalized spacial score (nSPS) is 13.3. The van der Waals surface area contributed by atoms with Crippen molar-refractivity contribution in [1.82, 2.24) is 15.1 Å². The van der Waals surface area contributed by atoms with Crippen molar-refractivity contribution in [1.29, 1.82) is 0 Å². The Balaban J connectivity index is 1.83. The Kier molecular flexibility index (Phi) is 7.36. The summed E-state index contributed by atoms with van der Waals surface area (Å²) in [6, 6.07) is 7.63. The number of aryl methyl sites for hydroxylation is 2. The second kappa shape index (κ2) is 9.56. The smallest absolute Gasteiger partial charge is 0.192 e. The Morgan fingerprint density at radius 2 is 1.85 bits per heavy atom. The number of rotatable bonds is 7. The summed E-state index contributed by atoms with van der Waals surface area (Å²) in [6.45, 7) is 21.2. The van der Waals surface area contributed by atoms with Crippen LogP contribution in [0.4, 0.5) is 0 Å². The van der Waals surface area contributed by atoms with Crippen molar-refractivity contribution in [2.45, 2.75) is 65.8 Å². The molecule has 33 heavy (non-hydrogen) atoms. The summed E-state index contributed by atoms with van der Waals surface area (Å²) in [5.74, 6) is 1.89. The van der Waals surface area contributed by atoms with E-state index in [1.807, 2.05) is 45.0 Å². The molecule has 6 nitrogen and oxygen atoms in total. The summed E-state index contributed by atoms with van der Waals surface area (Å²) in [5.41, 5.74) is 3.90. The number of nitrogens with zero attached hydrogens (tertiary/aromatic N) is 3. The number of halogens is 1. The van der Waals surface area contributed by atoms with Crippen molar-refractivity contribution < 1.29 is 13.7 Å². The minimum absolute atomic E-state index is 0.115. The first kappa shape index (κ1) is 25.4. The molecule has 177 valence electrons. The molecule has 2 heterocycles. The maximum atomic E-state index is 6.48. The van der Waals surface area contributed by atoms with Crippen molar-refractivity contribution in [3.63, 3.8) is 0 Å². The van der Waals surface area contributed by atoms with Gasteiger partial charge >= 0.3 is 0 Å². The first-order valence-corrected chi connectivity index (χ1v) is 14.3. The maximum absolute atomic E-state index is 6.48. The van der Waals surface area contributed by atoms with Gasteiger partial charge in [-0.15, -0.1) is 0 Å². The average Bonchev–Trinajstić information content (AvgIpc) is 3.05. The minimum Gasteiger partial charge on any atom is -0.491 e. The largest absolute Gasteiger partial charge is 0.491 e. The zero-order chi connectivity index (χ0) is 24.6. The zero-order valence-electron chi connectivity index (χ0n) is 20.7. The van der Waals surface area contributed by atoms with E-state index in [-0.39, 0.29) is 11.1 Å². The summed E-state index contributed by atoms with van der Waals surface area (Å²) in [7, 11) is -1.91. The van der Waals surface area contributed by atoms with Crippen LogP contribution in [0.3, 0.4) is 0 Å². The van der Waals surface area contributed by atoms with E-state index in [0.717, 1.165) is 22.4 Å². The van der Waals surface area contributed by atoms with E-state index < -0.39 is 8.32 Å². The van der Waals surface area contributed by atoms with Gasteiger partial charge in [-0.1, -0.05) is 49.7 Å².